The topological polar surface area (TPSA) is 55.8 Å². The first-order chi connectivity index (χ1) is 10.7. The molecule has 0 spiro atoms. The summed E-state index contributed by atoms with van der Waals surface area (Å²) in [5.41, 5.74) is 1.26. The van der Waals surface area contributed by atoms with Crippen LogP contribution in [0.3, 0.4) is 0 Å². The summed E-state index contributed by atoms with van der Waals surface area (Å²) >= 11 is 0. The molecule has 0 atom stereocenters. The monoisotopic (exact) mass is 298 g/mol. The predicted octanol–water partition coefficient (Wildman–Crippen LogP) is 3.41. The van der Waals surface area contributed by atoms with E-state index in [2.05, 4.69) is 0 Å². The molecule has 114 valence electrons. The van der Waals surface area contributed by atoms with Gasteiger partial charge in [-0.15, -0.1) is 0 Å². The Hall–Kier alpha value is -2.75. The average molecular weight is 298 g/mol. The highest BCUT2D eigenvalue weighted by Gasteiger charge is 2.11. The Bertz CT molecular complexity index is 689. The zero-order valence-electron chi connectivity index (χ0n) is 12.6. The van der Waals surface area contributed by atoms with Crippen molar-refractivity contribution in [1.82, 2.24) is 0 Å². The number of rotatable bonds is 6. The molecule has 0 aliphatic heterocycles. The van der Waals surface area contributed by atoms with Gasteiger partial charge in [-0.25, -0.2) is 0 Å². The molecule has 4 heteroatoms. The molecule has 0 amide bonds. The van der Waals surface area contributed by atoms with E-state index in [0.717, 1.165) is 5.56 Å². The number of carbonyl (C=O) groups is 1. The van der Waals surface area contributed by atoms with Crippen LogP contribution in [0.2, 0.25) is 0 Å². The second kappa shape index (κ2) is 7.31. The molecule has 1 N–H and O–H groups in total. The van der Waals surface area contributed by atoms with Crippen LogP contribution in [0.15, 0.2) is 54.6 Å². The third-order valence-electron chi connectivity index (χ3n) is 3.24. The van der Waals surface area contributed by atoms with E-state index in [1.807, 2.05) is 18.2 Å². The third kappa shape index (κ3) is 3.67. The molecule has 2 rings (SSSR count). The molecule has 0 aromatic heterocycles. The van der Waals surface area contributed by atoms with Crippen LogP contribution in [0.4, 0.5) is 0 Å². The number of hydrogen-bond acceptors (Lipinski definition) is 4. The molecule has 2 aromatic rings. The van der Waals surface area contributed by atoms with Crippen molar-refractivity contribution in [2.75, 3.05) is 14.2 Å². The van der Waals surface area contributed by atoms with E-state index in [-0.39, 0.29) is 18.0 Å². The summed E-state index contributed by atoms with van der Waals surface area (Å²) in [6.45, 7) is 0. The number of ether oxygens (including phenoxy) is 2. The van der Waals surface area contributed by atoms with Gasteiger partial charge in [0.2, 0.25) is 0 Å². The van der Waals surface area contributed by atoms with Crippen LogP contribution in [-0.2, 0) is 11.2 Å². The Balaban J connectivity index is 2.19. The van der Waals surface area contributed by atoms with Crippen LogP contribution < -0.4 is 9.47 Å². The van der Waals surface area contributed by atoms with Crippen molar-refractivity contribution < 1.29 is 19.4 Å². The van der Waals surface area contributed by atoms with E-state index in [1.165, 1.54) is 13.2 Å². The first kappa shape index (κ1) is 15.6. The minimum absolute atomic E-state index is 0.114. The largest absolute Gasteiger partial charge is 0.507 e. The van der Waals surface area contributed by atoms with Gasteiger partial charge in [-0.3, -0.25) is 4.79 Å². The third-order valence-corrected chi connectivity index (χ3v) is 3.24. The summed E-state index contributed by atoms with van der Waals surface area (Å²) < 4.78 is 10.4. The van der Waals surface area contributed by atoms with Crippen LogP contribution in [0.5, 0.6) is 11.5 Å². The fourth-order valence-corrected chi connectivity index (χ4v) is 2.17. The molecule has 4 nitrogen and oxygen atoms in total. The lowest BCUT2D eigenvalue weighted by molar-refractivity contribution is -0.114. The van der Waals surface area contributed by atoms with Gasteiger partial charge in [0, 0.05) is 18.1 Å². The molecule has 0 aliphatic rings. The lowest BCUT2D eigenvalue weighted by Crippen LogP contribution is -2.02. The SMILES string of the molecule is COc1ccccc1CC(=O)/C=C(/O)c1ccccc1OC. The summed E-state index contributed by atoms with van der Waals surface area (Å²) in [6.07, 6.45) is 1.37. The number of carbonyl (C=O) groups excluding carboxylic acids is 1. The van der Waals surface area contributed by atoms with Gasteiger partial charge >= 0.3 is 0 Å². The van der Waals surface area contributed by atoms with E-state index in [4.69, 9.17) is 9.47 Å². The standard InChI is InChI=1S/C18H18O4/c1-21-17-9-5-3-7-13(17)11-14(19)12-16(20)15-8-4-6-10-18(15)22-2/h3-10,12,20H,11H2,1-2H3/b16-12+. The minimum atomic E-state index is -0.215. The number of hydrogen-bond donors (Lipinski definition) is 1. The molecule has 0 unspecified atom stereocenters. The van der Waals surface area contributed by atoms with Gasteiger partial charge in [0.15, 0.2) is 5.78 Å². The second-order valence-electron chi connectivity index (χ2n) is 4.68. The van der Waals surface area contributed by atoms with E-state index in [1.54, 1.807) is 37.4 Å². The second-order valence-corrected chi connectivity index (χ2v) is 4.68. The van der Waals surface area contributed by atoms with Crippen LogP contribution in [-0.4, -0.2) is 25.1 Å². The molecule has 0 saturated heterocycles. The first-order valence-corrected chi connectivity index (χ1v) is 6.84. The van der Waals surface area contributed by atoms with Gasteiger partial charge < -0.3 is 14.6 Å². The highest BCUT2D eigenvalue weighted by Crippen LogP contribution is 2.24. The summed E-state index contributed by atoms with van der Waals surface area (Å²) in [5.74, 6) is 0.840. The maximum Gasteiger partial charge on any atom is 0.163 e. The van der Waals surface area contributed by atoms with Crippen molar-refractivity contribution in [3.8, 4) is 11.5 Å². The van der Waals surface area contributed by atoms with Crippen molar-refractivity contribution in [2.24, 2.45) is 0 Å². The van der Waals surface area contributed by atoms with Gasteiger partial charge in [0.05, 0.1) is 19.8 Å². The van der Waals surface area contributed by atoms with Gasteiger partial charge in [-0.05, 0) is 18.2 Å². The van der Waals surface area contributed by atoms with Gasteiger partial charge in [-0.1, -0.05) is 30.3 Å². The Morgan fingerprint density at radius 1 is 1.00 bits per heavy atom. The van der Waals surface area contributed by atoms with Crippen molar-refractivity contribution in [3.05, 3.63) is 65.7 Å². The number of aliphatic hydroxyl groups excluding tert-OH is 1. The van der Waals surface area contributed by atoms with Crippen molar-refractivity contribution in [1.29, 1.82) is 0 Å². The summed E-state index contributed by atoms with van der Waals surface area (Å²) in [6, 6.07) is 14.3. The molecule has 0 radical (unpaired) electrons. The Kier molecular flexibility index (Phi) is 5.20. The van der Waals surface area contributed by atoms with Crippen LogP contribution in [0.25, 0.3) is 5.76 Å². The molecule has 0 aliphatic carbocycles. The first-order valence-electron chi connectivity index (χ1n) is 6.84. The smallest absolute Gasteiger partial charge is 0.163 e. The van der Waals surface area contributed by atoms with Gasteiger partial charge in [-0.2, -0.15) is 0 Å². The van der Waals surface area contributed by atoms with Gasteiger partial charge in [0.1, 0.15) is 17.3 Å². The summed E-state index contributed by atoms with van der Waals surface area (Å²) in [5, 5.41) is 10.1. The minimum Gasteiger partial charge on any atom is -0.507 e. The zero-order chi connectivity index (χ0) is 15.9. The van der Waals surface area contributed by atoms with E-state index < -0.39 is 0 Å². The highest BCUT2D eigenvalue weighted by molar-refractivity contribution is 5.97. The lowest BCUT2D eigenvalue weighted by atomic mass is 10.1. The molecular weight excluding hydrogens is 280 g/mol. The van der Waals surface area contributed by atoms with Crippen LogP contribution >= 0.6 is 0 Å². The Morgan fingerprint density at radius 3 is 2.27 bits per heavy atom. The average Bonchev–Trinajstić information content (AvgIpc) is 2.55. The fourth-order valence-electron chi connectivity index (χ4n) is 2.17. The quantitative estimate of drug-likeness (QED) is 0.656. The maximum absolute atomic E-state index is 12.1. The molecule has 2 aromatic carbocycles. The molecule has 22 heavy (non-hydrogen) atoms. The lowest BCUT2D eigenvalue weighted by Gasteiger charge is -2.08. The summed E-state index contributed by atoms with van der Waals surface area (Å²) in [7, 11) is 3.08. The number of para-hydroxylation sites is 2. The fraction of sp³-hybridized carbons (Fsp3) is 0.167. The molecule has 0 fully saturated rings. The maximum atomic E-state index is 12.1. The van der Waals surface area contributed by atoms with Crippen LogP contribution in [0.1, 0.15) is 11.1 Å². The molecule has 0 saturated carbocycles. The van der Waals surface area contributed by atoms with Gasteiger partial charge in [0.25, 0.3) is 0 Å². The van der Waals surface area contributed by atoms with Crippen molar-refractivity contribution in [3.63, 3.8) is 0 Å². The number of methoxy groups -OCH3 is 2. The van der Waals surface area contributed by atoms with Crippen LogP contribution in [0, 0.1) is 0 Å². The molecule has 0 bridgehead atoms. The number of benzene rings is 2. The van der Waals surface area contributed by atoms with E-state index in [0.29, 0.717) is 17.1 Å². The van der Waals surface area contributed by atoms with Crippen molar-refractivity contribution in [2.45, 2.75) is 6.42 Å². The predicted molar refractivity (Wildman–Crippen MR) is 85.3 cm³/mol. The number of allylic oxidation sites excluding steroid dienone is 1. The Labute approximate surface area is 129 Å². The van der Waals surface area contributed by atoms with E-state index in [9.17, 15) is 9.90 Å². The zero-order valence-corrected chi connectivity index (χ0v) is 12.6. The van der Waals surface area contributed by atoms with E-state index >= 15 is 0 Å². The molecular formula is C18H18O4. The summed E-state index contributed by atoms with van der Waals surface area (Å²) in [4.78, 5) is 12.1. The highest BCUT2D eigenvalue weighted by atomic mass is 16.5. The Morgan fingerprint density at radius 2 is 1.59 bits per heavy atom. The number of ketones is 1. The molecule has 0 heterocycles. The normalized spacial score (nSPS) is 11.1. The number of aliphatic hydroxyl groups is 1. The van der Waals surface area contributed by atoms with Crippen molar-refractivity contribution >= 4 is 11.5 Å².